The van der Waals surface area contributed by atoms with Crippen LogP contribution in [-0.4, -0.2) is 98.3 Å². The van der Waals surface area contributed by atoms with Crippen molar-refractivity contribution in [3.63, 3.8) is 0 Å². The maximum absolute atomic E-state index is 10.2. The topological polar surface area (TPSA) is 352 Å². The van der Waals surface area contributed by atoms with Crippen LogP contribution in [0.3, 0.4) is 0 Å². The van der Waals surface area contributed by atoms with Crippen molar-refractivity contribution in [1.82, 2.24) is 5.32 Å². The Morgan fingerprint density at radius 1 is 0.818 bits per heavy atom. The van der Waals surface area contributed by atoms with Crippen molar-refractivity contribution in [2.75, 3.05) is 18.8 Å². The quantitative estimate of drug-likeness (QED) is 0.0550. The average Bonchev–Trinajstić information content (AvgIpc) is 2.70. The first-order valence-electron chi connectivity index (χ1n) is 8.80. The summed E-state index contributed by atoms with van der Waals surface area (Å²) < 4.78 is 0. The Morgan fingerprint density at radius 3 is 1.39 bits per heavy atom. The van der Waals surface area contributed by atoms with Crippen molar-refractivity contribution in [1.29, 1.82) is 5.41 Å². The van der Waals surface area contributed by atoms with Crippen LogP contribution in [0.5, 0.6) is 0 Å². The molecule has 17 nitrogen and oxygen atoms in total. The van der Waals surface area contributed by atoms with Gasteiger partial charge in [0, 0.05) is 12.3 Å². The molecule has 194 valence electrons. The van der Waals surface area contributed by atoms with E-state index in [2.05, 4.69) is 23.7 Å². The number of rotatable bonds is 11. The number of nitrogens with one attached hydrogen (secondary N) is 2. The molecule has 18 heteroatoms. The molecule has 17 N–H and O–H groups in total. The van der Waals surface area contributed by atoms with Gasteiger partial charge in [-0.1, -0.05) is 0 Å². The molecule has 0 aromatic heterocycles. The lowest BCUT2D eigenvalue weighted by Crippen LogP contribution is -2.34. The Morgan fingerprint density at radius 2 is 1.21 bits per heavy atom. The van der Waals surface area contributed by atoms with Crippen LogP contribution in [0.1, 0.15) is 19.3 Å². The molecule has 0 saturated heterocycles. The predicted molar refractivity (Wildman–Crippen MR) is 119 cm³/mol. The summed E-state index contributed by atoms with van der Waals surface area (Å²) >= 11 is 3.65. The van der Waals surface area contributed by atoms with E-state index in [0.717, 1.165) is 0 Å². The standard InChI is InChI=1S/C6H14N4O2.C4H7NO4.C3H7NO2S.C2H5NO2/c7-4(5(11)12)2-1-3-10-6(8)9;5-2(4(8)9)1-3(6)7;4-2(1-7)3(5)6;3-1-2(4)5/h4H,1-3,7H2,(H,11,12)(H4,8,9,10);2H,1,5H2,(H,6,7)(H,8,9);2,7H,1,4H2,(H,5,6);1,3H2,(H,4,5)/t4-;2*2-;/m000./s1. The predicted octanol–water partition coefficient (Wildman–Crippen LogP) is -4.11. The van der Waals surface area contributed by atoms with Gasteiger partial charge in [0.05, 0.1) is 13.0 Å². The Labute approximate surface area is 194 Å². The largest absolute Gasteiger partial charge is 0.481 e. The van der Waals surface area contributed by atoms with E-state index in [9.17, 15) is 24.0 Å². The van der Waals surface area contributed by atoms with Crippen molar-refractivity contribution in [2.45, 2.75) is 37.4 Å². The van der Waals surface area contributed by atoms with Crippen LogP contribution in [0.15, 0.2) is 0 Å². The van der Waals surface area contributed by atoms with Crippen molar-refractivity contribution in [3.8, 4) is 0 Å². The van der Waals surface area contributed by atoms with Crippen LogP contribution in [0.25, 0.3) is 0 Å². The van der Waals surface area contributed by atoms with Gasteiger partial charge in [-0.25, -0.2) is 0 Å². The molecule has 33 heavy (non-hydrogen) atoms. The molecule has 0 heterocycles. The van der Waals surface area contributed by atoms with Crippen LogP contribution >= 0.6 is 12.6 Å². The first-order valence-corrected chi connectivity index (χ1v) is 9.44. The molecule has 0 aromatic rings. The molecule has 0 aliphatic rings. The van der Waals surface area contributed by atoms with Gasteiger partial charge in [0.15, 0.2) is 5.96 Å². The zero-order valence-corrected chi connectivity index (χ0v) is 18.5. The third-order valence-electron chi connectivity index (χ3n) is 2.72. The summed E-state index contributed by atoms with van der Waals surface area (Å²) in [7, 11) is 0. The summed E-state index contributed by atoms with van der Waals surface area (Å²) in [6, 6.07) is -2.93. The molecule has 0 rings (SSSR count). The third-order valence-corrected chi connectivity index (χ3v) is 3.12. The third kappa shape index (κ3) is 36.5. The van der Waals surface area contributed by atoms with Crippen LogP contribution in [-0.2, 0) is 24.0 Å². The Bertz CT molecular complexity index is 624. The minimum absolute atomic E-state index is 0.112. The monoisotopic (exact) mass is 503 g/mol. The van der Waals surface area contributed by atoms with Crippen LogP contribution in [0.2, 0.25) is 0 Å². The van der Waals surface area contributed by atoms with Gasteiger partial charge in [-0.2, -0.15) is 12.6 Å². The van der Waals surface area contributed by atoms with Gasteiger partial charge >= 0.3 is 29.8 Å². The summed E-state index contributed by atoms with van der Waals surface area (Å²) in [5, 5.41) is 49.4. The van der Waals surface area contributed by atoms with Gasteiger partial charge < -0.3 is 59.5 Å². The summed E-state index contributed by atoms with van der Waals surface area (Å²) in [4.78, 5) is 48.8. The highest BCUT2D eigenvalue weighted by molar-refractivity contribution is 7.80. The number of thiol groups is 1. The molecule has 0 amide bonds. The van der Waals surface area contributed by atoms with Crippen LogP contribution in [0.4, 0.5) is 0 Å². The van der Waals surface area contributed by atoms with E-state index >= 15 is 0 Å². The molecule has 0 unspecified atom stereocenters. The second-order valence-electron chi connectivity index (χ2n) is 5.70. The fourth-order valence-electron chi connectivity index (χ4n) is 1.02. The molecule has 3 atom stereocenters. The van der Waals surface area contributed by atoms with Gasteiger partial charge in [-0.3, -0.25) is 29.4 Å². The fraction of sp³-hybridized carbons (Fsp3) is 0.600. The van der Waals surface area contributed by atoms with Crippen LogP contribution in [0, 0.1) is 5.41 Å². The molecular weight excluding hydrogens is 470 g/mol. The zero-order chi connectivity index (χ0) is 27.1. The van der Waals surface area contributed by atoms with E-state index in [1.54, 1.807) is 0 Å². The maximum atomic E-state index is 10.2. The smallest absolute Gasteiger partial charge is 0.321 e. The first-order chi connectivity index (χ1) is 15.0. The minimum atomic E-state index is -1.29. The summed E-state index contributed by atoms with van der Waals surface area (Å²) in [6.07, 6.45) is 0.442. The molecule has 0 aromatic carbocycles. The lowest BCUT2D eigenvalue weighted by molar-refractivity contribution is -0.144. The Hall–Kier alpha value is -3.19. The maximum Gasteiger partial charge on any atom is 0.321 e. The van der Waals surface area contributed by atoms with Gasteiger partial charge in [0.1, 0.15) is 18.1 Å². The number of carboxylic acids is 5. The normalized spacial score (nSPS) is 11.8. The van der Waals surface area contributed by atoms with E-state index in [1.807, 2.05) is 0 Å². The zero-order valence-electron chi connectivity index (χ0n) is 17.6. The van der Waals surface area contributed by atoms with Crippen molar-refractivity contribution in [3.05, 3.63) is 0 Å². The molecule has 0 aliphatic carbocycles. The molecule has 0 spiro atoms. The van der Waals surface area contributed by atoms with Crippen molar-refractivity contribution in [2.24, 2.45) is 28.7 Å². The van der Waals surface area contributed by atoms with Gasteiger partial charge in [-0.15, -0.1) is 0 Å². The second kappa shape index (κ2) is 23.5. The van der Waals surface area contributed by atoms with Gasteiger partial charge in [-0.05, 0) is 12.8 Å². The van der Waals surface area contributed by atoms with E-state index in [-0.39, 0.29) is 18.3 Å². The van der Waals surface area contributed by atoms with Crippen LogP contribution < -0.4 is 34.0 Å². The minimum Gasteiger partial charge on any atom is -0.481 e. The summed E-state index contributed by atoms with van der Waals surface area (Å²) in [6.45, 7) is 0.205. The number of guanidine groups is 1. The highest BCUT2D eigenvalue weighted by atomic mass is 32.1. The molecule has 0 saturated carbocycles. The van der Waals surface area contributed by atoms with E-state index in [4.69, 9.17) is 53.9 Å². The molecule has 0 bridgehead atoms. The number of hydrogen-bond donors (Lipinski definition) is 13. The van der Waals surface area contributed by atoms with Crippen molar-refractivity contribution < 1.29 is 49.5 Å². The van der Waals surface area contributed by atoms with Gasteiger partial charge in [0.25, 0.3) is 0 Å². The fourth-order valence-corrected chi connectivity index (χ4v) is 1.18. The highest BCUT2D eigenvalue weighted by Crippen LogP contribution is 1.92. The van der Waals surface area contributed by atoms with Crippen molar-refractivity contribution >= 4 is 48.4 Å². The number of carbonyl (C=O) groups is 5. The number of nitrogens with two attached hydrogens (primary N) is 5. The van der Waals surface area contributed by atoms with E-state index < -0.39 is 54.4 Å². The summed E-state index contributed by atoms with van der Waals surface area (Å²) in [5.41, 5.74) is 24.6. The Balaban J connectivity index is -0.000000178. The SMILES string of the molecule is N=C(N)NCCC[C@H](N)C(=O)O.NCC(=O)O.N[C@@H](CC(=O)O)C(=O)O.N[C@@H](CS)C(=O)O. The number of hydrogen-bond acceptors (Lipinski definition) is 11. The lowest BCUT2D eigenvalue weighted by Gasteiger charge is -2.06. The van der Waals surface area contributed by atoms with E-state index in [0.29, 0.717) is 19.4 Å². The molecular formula is C15H33N7O10S. The lowest BCUT2D eigenvalue weighted by atomic mass is 10.2. The molecule has 0 radical (unpaired) electrons. The first kappa shape index (κ1) is 37.1. The Kier molecular flexibility index (Phi) is 26.4. The summed E-state index contributed by atoms with van der Waals surface area (Å²) in [5.74, 6) is -5.39. The number of carboxylic acid groups (broad SMARTS) is 5. The average molecular weight is 504 g/mol. The second-order valence-corrected chi connectivity index (χ2v) is 6.06. The van der Waals surface area contributed by atoms with E-state index in [1.165, 1.54) is 0 Å². The highest BCUT2D eigenvalue weighted by Gasteiger charge is 2.14. The number of aliphatic carboxylic acids is 5. The molecule has 0 fully saturated rings. The van der Waals surface area contributed by atoms with Gasteiger partial charge in [0.2, 0.25) is 0 Å². The molecule has 0 aliphatic heterocycles.